The monoisotopic (exact) mass is 460 g/mol. The quantitative estimate of drug-likeness (QED) is 0.452. The highest BCUT2D eigenvalue weighted by Gasteiger charge is 2.46. The highest BCUT2D eigenvalue weighted by atomic mass is 32.5. The summed E-state index contributed by atoms with van der Waals surface area (Å²) in [4.78, 5) is 12.6. The lowest BCUT2D eigenvalue weighted by Gasteiger charge is -2.26. The van der Waals surface area contributed by atoms with E-state index >= 15 is 0 Å². The van der Waals surface area contributed by atoms with Crippen LogP contribution in [0.15, 0.2) is 42.2 Å². The second-order valence-corrected chi connectivity index (χ2v) is 11.3. The zero-order valence-corrected chi connectivity index (χ0v) is 18.4. The number of aromatic nitrogens is 2. The number of aryl methyl sites for hydroxylation is 1. The summed E-state index contributed by atoms with van der Waals surface area (Å²) in [7, 11) is 0. The molecule has 11 heteroatoms. The number of carbonyl (C=O) groups is 1. The predicted octanol–water partition coefficient (Wildman–Crippen LogP) is 4.90. The lowest BCUT2D eigenvalue weighted by Crippen LogP contribution is -2.24. The molecular weight excluding hydrogens is 440 g/mol. The van der Waals surface area contributed by atoms with E-state index in [-0.39, 0.29) is 11.5 Å². The van der Waals surface area contributed by atoms with E-state index in [9.17, 15) is 18.0 Å². The van der Waals surface area contributed by atoms with Crippen molar-refractivity contribution in [1.82, 2.24) is 9.78 Å². The molecule has 1 aliphatic rings. The molecule has 2 aromatic rings. The number of esters is 1. The number of hydrogen-bond donors (Lipinski definition) is 0. The number of nitrogens with zero attached hydrogens (tertiary/aromatic N) is 2. The molecule has 0 amide bonds. The van der Waals surface area contributed by atoms with E-state index in [1.54, 1.807) is 26.8 Å². The van der Waals surface area contributed by atoms with Crippen LogP contribution in [0.25, 0.3) is 17.0 Å². The van der Waals surface area contributed by atoms with Crippen molar-refractivity contribution in [2.75, 3.05) is 13.3 Å². The molecule has 1 aromatic heterocycles. The van der Waals surface area contributed by atoms with Crippen LogP contribution in [0.4, 0.5) is 13.2 Å². The number of rotatable bonds is 6. The molecule has 2 heterocycles. The third-order valence-electron chi connectivity index (χ3n) is 4.19. The summed E-state index contributed by atoms with van der Waals surface area (Å²) in [6, 6.07) is 11.1. The Morgan fingerprint density at radius 2 is 1.90 bits per heavy atom. The van der Waals surface area contributed by atoms with E-state index in [0.29, 0.717) is 11.4 Å². The molecule has 30 heavy (non-hydrogen) atoms. The van der Waals surface area contributed by atoms with Crippen LogP contribution in [-0.4, -0.2) is 40.8 Å². The number of ether oxygens (including phenoxy) is 1. The van der Waals surface area contributed by atoms with Gasteiger partial charge in [-0.1, -0.05) is 30.3 Å². The van der Waals surface area contributed by atoms with Gasteiger partial charge in [-0.05, 0) is 38.6 Å². The SMILES string of the molecule is Cc1cc(-c2ccccc2)nn1C1=C(OP(C)(=S)OCC(F)(F)F)C(C)(C)OC1=O. The fourth-order valence-corrected chi connectivity index (χ4v) is 4.33. The first kappa shape index (κ1) is 22.5. The minimum atomic E-state index is -4.55. The zero-order valence-electron chi connectivity index (χ0n) is 16.7. The van der Waals surface area contributed by atoms with Gasteiger partial charge in [0.05, 0.1) is 5.69 Å². The van der Waals surface area contributed by atoms with Crippen LogP contribution in [-0.2, 0) is 30.4 Å². The van der Waals surface area contributed by atoms with Gasteiger partial charge in [0.2, 0.25) is 6.49 Å². The maximum absolute atomic E-state index is 12.6. The highest BCUT2D eigenvalue weighted by molar-refractivity contribution is 8.09. The molecule has 0 bridgehead atoms. The first-order valence-electron chi connectivity index (χ1n) is 8.88. The fourth-order valence-electron chi connectivity index (χ4n) is 2.87. The summed E-state index contributed by atoms with van der Waals surface area (Å²) < 4.78 is 54.9. The maximum atomic E-state index is 12.6. The number of alkyl halides is 3. The van der Waals surface area contributed by atoms with Crippen LogP contribution in [0, 0.1) is 6.92 Å². The van der Waals surface area contributed by atoms with Crippen LogP contribution in [0.1, 0.15) is 19.5 Å². The number of carbonyl (C=O) groups excluding carboxylic acids is 1. The van der Waals surface area contributed by atoms with E-state index in [1.165, 1.54) is 11.3 Å². The van der Waals surface area contributed by atoms with Gasteiger partial charge in [0.25, 0.3) is 0 Å². The maximum Gasteiger partial charge on any atom is 0.412 e. The van der Waals surface area contributed by atoms with Gasteiger partial charge >= 0.3 is 12.1 Å². The van der Waals surface area contributed by atoms with Crippen molar-refractivity contribution in [1.29, 1.82) is 0 Å². The zero-order chi connectivity index (χ0) is 22.3. The summed E-state index contributed by atoms with van der Waals surface area (Å²) in [6.07, 6.45) is -4.55. The van der Waals surface area contributed by atoms with Crippen molar-refractivity contribution in [3.63, 3.8) is 0 Å². The first-order valence-corrected chi connectivity index (χ1v) is 12.0. The van der Waals surface area contributed by atoms with Crippen LogP contribution in [0.3, 0.4) is 0 Å². The second-order valence-electron chi connectivity index (χ2n) is 7.28. The summed E-state index contributed by atoms with van der Waals surface area (Å²) in [5.74, 6) is -0.724. The molecule has 0 aliphatic carbocycles. The molecule has 0 radical (unpaired) electrons. The van der Waals surface area contributed by atoms with E-state index in [2.05, 4.69) is 5.10 Å². The number of cyclic esters (lactones) is 1. The predicted molar refractivity (Wildman–Crippen MR) is 109 cm³/mol. The van der Waals surface area contributed by atoms with E-state index in [1.807, 2.05) is 30.3 Å². The normalized spacial score (nSPS) is 18.3. The Kier molecular flexibility index (Phi) is 5.88. The van der Waals surface area contributed by atoms with Crippen molar-refractivity contribution in [3.8, 4) is 11.3 Å². The van der Waals surface area contributed by atoms with Gasteiger partial charge in [-0.2, -0.15) is 18.3 Å². The van der Waals surface area contributed by atoms with Gasteiger partial charge in [-0.15, -0.1) is 0 Å². The van der Waals surface area contributed by atoms with Crippen molar-refractivity contribution in [2.45, 2.75) is 32.5 Å². The van der Waals surface area contributed by atoms with Crippen molar-refractivity contribution in [2.24, 2.45) is 0 Å². The smallest absolute Gasteiger partial charge is 0.412 e. The van der Waals surface area contributed by atoms with E-state index < -0.39 is 30.8 Å². The van der Waals surface area contributed by atoms with Crippen molar-refractivity contribution < 1.29 is 31.8 Å². The second kappa shape index (κ2) is 7.83. The van der Waals surface area contributed by atoms with Crippen LogP contribution in [0.5, 0.6) is 0 Å². The molecule has 6 nitrogen and oxygen atoms in total. The third-order valence-corrected chi connectivity index (χ3v) is 5.84. The topological polar surface area (TPSA) is 62.6 Å². The van der Waals surface area contributed by atoms with Gasteiger partial charge in [0.15, 0.2) is 23.7 Å². The van der Waals surface area contributed by atoms with Gasteiger partial charge < -0.3 is 13.8 Å². The van der Waals surface area contributed by atoms with Gasteiger partial charge in [0.1, 0.15) is 0 Å². The molecule has 1 aliphatic heterocycles. The Morgan fingerprint density at radius 1 is 1.27 bits per heavy atom. The molecule has 0 spiro atoms. The Balaban J connectivity index is 2.03. The Labute approximate surface area is 176 Å². The number of hydrogen-bond acceptors (Lipinski definition) is 6. The molecule has 1 unspecified atom stereocenters. The molecule has 162 valence electrons. The van der Waals surface area contributed by atoms with E-state index in [0.717, 1.165) is 5.56 Å². The Morgan fingerprint density at radius 3 is 2.50 bits per heavy atom. The van der Waals surface area contributed by atoms with Gasteiger partial charge in [-0.25, -0.2) is 9.48 Å². The first-order chi connectivity index (χ1) is 13.8. The lowest BCUT2D eigenvalue weighted by molar-refractivity contribution is -0.153. The largest absolute Gasteiger partial charge is 0.447 e. The van der Waals surface area contributed by atoms with E-state index in [4.69, 9.17) is 25.6 Å². The average molecular weight is 460 g/mol. The molecule has 0 saturated carbocycles. The number of benzene rings is 1. The van der Waals surface area contributed by atoms with Crippen molar-refractivity contribution >= 4 is 30.0 Å². The molecular formula is C19H20F3N2O4PS. The molecule has 3 rings (SSSR count). The summed E-state index contributed by atoms with van der Waals surface area (Å²) >= 11 is 5.14. The molecule has 1 aromatic carbocycles. The summed E-state index contributed by atoms with van der Waals surface area (Å²) in [5.41, 5.74) is 0.773. The van der Waals surface area contributed by atoms with Crippen molar-refractivity contribution in [3.05, 3.63) is 47.9 Å². The molecule has 0 saturated heterocycles. The van der Waals surface area contributed by atoms with Gasteiger partial charge in [-0.3, -0.25) is 0 Å². The molecule has 0 N–H and O–H groups in total. The average Bonchev–Trinajstić information content (AvgIpc) is 3.10. The number of halogens is 3. The minimum absolute atomic E-state index is 0.00804. The van der Waals surface area contributed by atoms with Crippen LogP contribution >= 0.6 is 6.49 Å². The standard InChI is InChI=1S/C19H20F3N2O4PS/c1-12-10-14(13-8-6-5-7-9-13)23-24(12)15-16(18(2,3)27-17(15)25)28-29(4,30)26-11-19(20,21)22/h5-10H,11H2,1-4H3. The van der Waals surface area contributed by atoms with Crippen LogP contribution < -0.4 is 0 Å². The summed E-state index contributed by atoms with van der Waals surface area (Å²) in [6.45, 7) is 1.19. The molecule has 1 atom stereocenters. The Hall–Kier alpha value is -2.16. The fraction of sp³-hybridized carbons (Fsp3) is 0.368. The molecule has 0 fully saturated rings. The highest BCUT2D eigenvalue weighted by Crippen LogP contribution is 2.52. The third kappa shape index (κ3) is 4.94. The Bertz CT molecular complexity index is 1050. The minimum Gasteiger partial charge on any atom is -0.447 e. The summed E-state index contributed by atoms with van der Waals surface area (Å²) in [5, 5.41) is 4.48. The lowest BCUT2D eigenvalue weighted by atomic mass is 10.1. The van der Waals surface area contributed by atoms with Gasteiger partial charge in [0, 0.05) is 17.9 Å². The van der Waals surface area contributed by atoms with Crippen LogP contribution in [0.2, 0.25) is 0 Å².